The monoisotopic (exact) mass is 300 g/mol. The fourth-order valence-corrected chi connectivity index (χ4v) is 2.93. The van der Waals surface area contributed by atoms with Crippen LogP contribution in [0.4, 0.5) is 0 Å². The predicted octanol–water partition coefficient (Wildman–Crippen LogP) is 3.09. The molecule has 1 aliphatic heterocycles. The van der Waals surface area contributed by atoms with Gasteiger partial charge in [-0.3, -0.25) is 9.69 Å². The molecule has 3 rings (SSSR count). The van der Waals surface area contributed by atoms with Gasteiger partial charge in [-0.1, -0.05) is 24.6 Å². The molecular weight excluding hydrogens is 280 g/mol. The highest BCUT2D eigenvalue weighted by Crippen LogP contribution is 2.25. The number of carbonyl (C=O) groups is 1. The van der Waals surface area contributed by atoms with Gasteiger partial charge in [0, 0.05) is 12.1 Å². The fourth-order valence-electron chi connectivity index (χ4n) is 2.93. The topological polar surface area (TPSA) is 66.6 Å². The molecule has 2 aromatic rings. The summed E-state index contributed by atoms with van der Waals surface area (Å²) in [7, 11) is 0. The van der Waals surface area contributed by atoms with Crippen molar-refractivity contribution in [2.45, 2.75) is 38.8 Å². The molecule has 0 bridgehead atoms. The van der Waals surface area contributed by atoms with Crippen molar-refractivity contribution in [1.82, 2.24) is 9.88 Å². The smallest absolute Gasteiger partial charge is 0.320 e. The summed E-state index contributed by atoms with van der Waals surface area (Å²) in [5.74, 6) is 0.606. The van der Waals surface area contributed by atoms with Crippen LogP contribution in [0, 0.1) is 6.92 Å². The van der Waals surface area contributed by atoms with E-state index in [2.05, 4.69) is 4.98 Å². The van der Waals surface area contributed by atoms with Crippen LogP contribution in [0.1, 0.15) is 30.7 Å². The average molecular weight is 300 g/mol. The van der Waals surface area contributed by atoms with Gasteiger partial charge >= 0.3 is 5.97 Å². The van der Waals surface area contributed by atoms with Gasteiger partial charge in [0.05, 0.1) is 5.69 Å². The maximum atomic E-state index is 11.4. The van der Waals surface area contributed by atoms with Gasteiger partial charge in [0.25, 0.3) is 0 Å². The van der Waals surface area contributed by atoms with Crippen molar-refractivity contribution >= 4 is 5.97 Å². The minimum absolute atomic E-state index is 0.412. The van der Waals surface area contributed by atoms with Crippen LogP contribution >= 0.6 is 0 Å². The van der Waals surface area contributed by atoms with Crippen LogP contribution in [0.25, 0.3) is 11.5 Å². The minimum atomic E-state index is -0.746. The number of nitrogens with zero attached hydrogens (tertiary/aromatic N) is 2. The van der Waals surface area contributed by atoms with Crippen molar-refractivity contribution in [2.75, 3.05) is 6.54 Å². The first-order valence-electron chi connectivity index (χ1n) is 7.64. The molecule has 5 nitrogen and oxygen atoms in total. The summed E-state index contributed by atoms with van der Waals surface area (Å²) < 4.78 is 5.75. The van der Waals surface area contributed by atoms with Crippen LogP contribution in [-0.4, -0.2) is 33.5 Å². The number of carboxylic acids is 1. The lowest BCUT2D eigenvalue weighted by molar-refractivity contribution is -0.144. The molecule has 1 saturated heterocycles. The van der Waals surface area contributed by atoms with Gasteiger partial charge in [0.2, 0.25) is 5.89 Å². The first-order chi connectivity index (χ1) is 10.6. The number of oxazole rings is 1. The Morgan fingerprint density at radius 1 is 1.36 bits per heavy atom. The largest absolute Gasteiger partial charge is 0.480 e. The molecule has 1 atom stereocenters. The number of benzene rings is 1. The van der Waals surface area contributed by atoms with Crippen molar-refractivity contribution in [3.63, 3.8) is 0 Å². The zero-order valence-corrected chi connectivity index (χ0v) is 12.7. The van der Waals surface area contributed by atoms with Gasteiger partial charge < -0.3 is 9.52 Å². The maximum absolute atomic E-state index is 11.4. The van der Waals surface area contributed by atoms with Crippen LogP contribution in [-0.2, 0) is 11.3 Å². The van der Waals surface area contributed by atoms with Gasteiger partial charge in [-0.05, 0) is 38.4 Å². The van der Waals surface area contributed by atoms with E-state index in [0.717, 1.165) is 36.4 Å². The normalized spacial score (nSPS) is 19.2. The van der Waals surface area contributed by atoms with E-state index in [1.807, 2.05) is 42.2 Å². The molecule has 0 radical (unpaired) electrons. The number of piperidine rings is 1. The van der Waals surface area contributed by atoms with Gasteiger partial charge in [-0.15, -0.1) is 0 Å². The highest BCUT2D eigenvalue weighted by molar-refractivity contribution is 5.73. The van der Waals surface area contributed by atoms with Crippen molar-refractivity contribution in [2.24, 2.45) is 0 Å². The van der Waals surface area contributed by atoms with E-state index < -0.39 is 12.0 Å². The van der Waals surface area contributed by atoms with E-state index in [4.69, 9.17) is 4.42 Å². The number of hydrogen-bond acceptors (Lipinski definition) is 4. The number of hydrogen-bond donors (Lipinski definition) is 1. The van der Waals surface area contributed by atoms with Crippen LogP contribution in [0.15, 0.2) is 34.7 Å². The summed E-state index contributed by atoms with van der Waals surface area (Å²) in [5, 5.41) is 9.35. The molecule has 0 spiro atoms. The third kappa shape index (κ3) is 3.04. The highest BCUT2D eigenvalue weighted by atomic mass is 16.4. The number of carboxylic acid groups (broad SMARTS) is 1. The number of aromatic nitrogens is 1. The summed E-state index contributed by atoms with van der Waals surface area (Å²) in [6.45, 7) is 3.21. The van der Waals surface area contributed by atoms with Crippen LogP contribution in [0.2, 0.25) is 0 Å². The lowest BCUT2D eigenvalue weighted by atomic mass is 10.0. The minimum Gasteiger partial charge on any atom is -0.480 e. The van der Waals surface area contributed by atoms with Gasteiger partial charge in [-0.25, -0.2) is 4.98 Å². The SMILES string of the molecule is Cc1oc(-c2ccccc2)nc1CN1CCCCC1C(=O)O. The average Bonchev–Trinajstić information content (AvgIpc) is 2.90. The molecule has 1 unspecified atom stereocenters. The van der Waals surface area contributed by atoms with Gasteiger partial charge in [-0.2, -0.15) is 0 Å². The predicted molar refractivity (Wildman–Crippen MR) is 82.4 cm³/mol. The maximum Gasteiger partial charge on any atom is 0.320 e. The summed E-state index contributed by atoms with van der Waals surface area (Å²) in [6, 6.07) is 9.33. The lowest BCUT2D eigenvalue weighted by Crippen LogP contribution is -2.44. The number of aryl methyl sites for hydroxylation is 1. The third-order valence-corrected chi connectivity index (χ3v) is 4.16. The second-order valence-corrected chi connectivity index (χ2v) is 5.71. The molecule has 1 fully saturated rings. The quantitative estimate of drug-likeness (QED) is 0.940. The molecule has 116 valence electrons. The fraction of sp³-hybridized carbons (Fsp3) is 0.412. The summed E-state index contributed by atoms with van der Waals surface area (Å²) in [6.07, 6.45) is 2.71. The van der Waals surface area contributed by atoms with E-state index in [-0.39, 0.29) is 0 Å². The van der Waals surface area contributed by atoms with E-state index in [0.29, 0.717) is 18.9 Å². The van der Waals surface area contributed by atoms with Crippen molar-refractivity contribution in [3.8, 4) is 11.5 Å². The van der Waals surface area contributed by atoms with E-state index >= 15 is 0 Å². The zero-order valence-electron chi connectivity index (χ0n) is 12.7. The lowest BCUT2D eigenvalue weighted by Gasteiger charge is -2.32. The molecule has 1 aliphatic rings. The molecule has 1 N–H and O–H groups in total. The standard InChI is InChI=1S/C17H20N2O3/c1-12-14(11-19-10-6-5-9-15(19)17(20)21)18-16(22-12)13-7-3-2-4-8-13/h2-4,7-8,15H,5-6,9-11H2,1H3,(H,20,21). The summed E-state index contributed by atoms with van der Waals surface area (Å²) in [4.78, 5) is 17.9. The zero-order chi connectivity index (χ0) is 15.5. The molecule has 2 heterocycles. The highest BCUT2D eigenvalue weighted by Gasteiger charge is 2.29. The Labute approximate surface area is 129 Å². The molecule has 5 heteroatoms. The molecular formula is C17H20N2O3. The van der Waals surface area contributed by atoms with Crippen molar-refractivity contribution in [1.29, 1.82) is 0 Å². The third-order valence-electron chi connectivity index (χ3n) is 4.16. The van der Waals surface area contributed by atoms with Gasteiger partial charge in [0.15, 0.2) is 0 Å². The van der Waals surface area contributed by atoms with Crippen molar-refractivity contribution < 1.29 is 14.3 Å². The molecule has 0 amide bonds. The molecule has 22 heavy (non-hydrogen) atoms. The Bertz CT molecular complexity index is 651. The Morgan fingerprint density at radius 2 is 2.14 bits per heavy atom. The first-order valence-corrected chi connectivity index (χ1v) is 7.64. The van der Waals surface area contributed by atoms with E-state index in [9.17, 15) is 9.90 Å². The number of likely N-dealkylation sites (tertiary alicyclic amines) is 1. The van der Waals surface area contributed by atoms with Crippen LogP contribution < -0.4 is 0 Å². The van der Waals surface area contributed by atoms with Crippen molar-refractivity contribution in [3.05, 3.63) is 41.8 Å². The van der Waals surface area contributed by atoms with Gasteiger partial charge in [0.1, 0.15) is 11.8 Å². The Hall–Kier alpha value is -2.14. The molecule has 0 aliphatic carbocycles. The van der Waals surface area contributed by atoms with Crippen LogP contribution in [0.5, 0.6) is 0 Å². The second-order valence-electron chi connectivity index (χ2n) is 5.71. The summed E-state index contributed by atoms with van der Waals surface area (Å²) in [5.41, 5.74) is 1.76. The summed E-state index contributed by atoms with van der Waals surface area (Å²) >= 11 is 0. The Morgan fingerprint density at radius 3 is 2.86 bits per heavy atom. The number of rotatable bonds is 4. The second kappa shape index (κ2) is 6.32. The molecule has 0 saturated carbocycles. The molecule has 1 aromatic heterocycles. The first kappa shape index (κ1) is 14.8. The van der Waals surface area contributed by atoms with E-state index in [1.165, 1.54) is 0 Å². The Balaban J connectivity index is 1.80. The molecule has 1 aromatic carbocycles. The van der Waals surface area contributed by atoms with E-state index in [1.54, 1.807) is 0 Å². The van der Waals surface area contributed by atoms with Crippen LogP contribution in [0.3, 0.4) is 0 Å². The number of aliphatic carboxylic acids is 1. The Kier molecular flexibility index (Phi) is 4.24.